The highest BCUT2D eigenvalue weighted by Gasteiger charge is 2.27. The quantitative estimate of drug-likeness (QED) is 0.0729. The fraction of sp³-hybridized carbons (Fsp3) is 0.886. The Kier molecular flexibility index (Phi) is 28.7. The molecule has 0 radical (unpaired) electrons. The summed E-state index contributed by atoms with van der Waals surface area (Å²) in [6.45, 7) is 16.4. The van der Waals surface area contributed by atoms with E-state index in [-0.39, 0.29) is 42.8 Å². The third-order valence-electron chi connectivity index (χ3n) is 7.77. The third kappa shape index (κ3) is 38.7. The Morgan fingerprint density at radius 3 is 1.33 bits per heavy atom. The zero-order chi connectivity index (χ0) is 41.3. The second-order valence-corrected chi connectivity index (χ2v) is 17.7. The van der Waals surface area contributed by atoms with Gasteiger partial charge in [-0.05, 0) is 47.0 Å². The molecule has 0 aromatic rings. The molecule has 0 aromatic heterocycles. The molecule has 0 heterocycles. The number of aliphatic hydroxyl groups excluding tert-OH is 1. The Balaban J connectivity index is -0.000000300. The Bertz CT molecular complexity index is 1100. The number of esters is 2. The van der Waals surface area contributed by atoms with Crippen LogP contribution < -0.4 is 10.2 Å². The molecule has 0 bridgehead atoms. The third-order valence-corrected chi connectivity index (χ3v) is 8.56. The number of carbonyl (C=O) groups is 4. The Morgan fingerprint density at radius 1 is 0.647 bits per heavy atom. The molecule has 51 heavy (non-hydrogen) atoms. The zero-order valence-electron chi connectivity index (χ0n) is 34.3. The van der Waals surface area contributed by atoms with Crippen molar-refractivity contribution < 1.29 is 70.4 Å². The second-order valence-electron chi connectivity index (χ2n) is 16.2. The largest absolute Gasteiger partial charge is 0.748 e. The lowest BCUT2D eigenvalue weighted by molar-refractivity contribution is -0.890. The molecular formula is C35H73N3O12S. The van der Waals surface area contributed by atoms with Crippen molar-refractivity contribution >= 4 is 34.0 Å². The SMILES string of the molecule is CCC(C)(C)C(=O)OCCC[N+](C)(C)CC(=O)[O-].CCCCOC(=O)C(C)(C)CC.C[N+](C)(C)CC(=O)[O-].C[N+](C)(CCO)CCCS(=O)(=O)[O-]. The van der Waals surface area contributed by atoms with Gasteiger partial charge >= 0.3 is 11.9 Å². The number of unbranched alkanes of at least 4 members (excludes halogenated alkanes) is 1. The van der Waals surface area contributed by atoms with Crippen LogP contribution in [0.4, 0.5) is 0 Å². The molecule has 1 N–H and O–H groups in total. The van der Waals surface area contributed by atoms with E-state index in [4.69, 9.17) is 14.6 Å². The van der Waals surface area contributed by atoms with Gasteiger partial charge in [0.05, 0.1) is 115 Å². The summed E-state index contributed by atoms with van der Waals surface area (Å²) in [4.78, 5) is 43.4. The zero-order valence-corrected chi connectivity index (χ0v) is 35.1. The molecule has 0 saturated carbocycles. The maximum absolute atomic E-state index is 11.7. The first-order valence-corrected chi connectivity index (χ1v) is 19.1. The number of aliphatic hydroxyl groups is 1. The van der Waals surface area contributed by atoms with Crippen LogP contribution in [0, 0.1) is 10.8 Å². The van der Waals surface area contributed by atoms with E-state index >= 15 is 0 Å². The monoisotopic (exact) mass is 759 g/mol. The van der Waals surface area contributed by atoms with E-state index in [1.807, 2.05) is 69.7 Å². The summed E-state index contributed by atoms with van der Waals surface area (Å²) in [6, 6.07) is 0. The van der Waals surface area contributed by atoms with Crippen LogP contribution in [0.15, 0.2) is 0 Å². The molecule has 16 heteroatoms. The molecule has 15 nitrogen and oxygen atoms in total. The number of likely N-dealkylation sites (N-methyl/N-ethyl adjacent to an activating group) is 3. The van der Waals surface area contributed by atoms with Crippen LogP contribution in [-0.4, -0.2) is 163 Å². The lowest BCUT2D eigenvalue weighted by Crippen LogP contribution is -2.49. The normalized spacial score (nSPS) is 12.2. The van der Waals surface area contributed by atoms with Crippen molar-refractivity contribution in [3.8, 4) is 0 Å². The number of quaternary nitrogens is 3. The van der Waals surface area contributed by atoms with Crippen LogP contribution in [-0.2, 0) is 38.8 Å². The van der Waals surface area contributed by atoms with Gasteiger partial charge in [-0.2, -0.15) is 0 Å². The lowest BCUT2D eigenvalue weighted by Gasteiger charge is -2.30. The van der Waals surface area contributed by atoms with Crippen LogP contribution in [0.25, 0.3) is 0 Å². The molecule has 0 spiro atoms. The van der Waals surface area contributed by atoms with Gasteiger partial charge in [-0.25, -0.2) is 8.42 Å². The smallest absolute Gasteiger partial charge is 0.311 e. The predicted molar refractivity (Wildman–Crippen MR) is 192 cm³/mol. The van der Waals surface area contributed by atoms with Crippen LogP contribution in [0.1, 0.15) is 87.0 Å². The summed E-state index contributed by atoms with van der Waals surface area (Å²) in [7, 11) is 8.71. The minimum absolute atomic E-state index is 0.0333. The van der Waals surface area contributed by atoms with Crippen molar-refractivity contribution in [2.24, 2.45) is 10.8 Å². The minimum Gasteiger partial charge on any atom is -0.748 e. The van der Waals surface area contributed by atoms with Crippen LogP contribution in [0.2, 0.25) is 0 Å². The fourth-order valence-electron chi connectivity index (χ4n) is 3.51. The number of carboxylic acids is 2. The van der Waals surface area contributed by atoms with Crippen molar-refractivity contribution in [2.75, 3.05) is 108 Å². The highest BCUT2D eigenvalue weighted by molar-refractivity contribution is 7.85. The van der Waals surface area contributed by atoms with E-state index in [0.29, 0.717) is 59.1 Å². The van der Waals surface area contributed by atoms with E-state index in [0.717, 1.165) is 25.7 Å². The van der Waals surface area contributed by atoms with Crippen molar-refractivity contribution in [1.82, 2.24) is 0 Å². The Labute approximate surface area is 309 Å². The van der Waals surface area contributed by atoms with Crippen molar-refractivity contribution in [2.45, 2.75) is 87.0 Å². The summed E-state index contributed by atoms with van der Waals surface area (Å²) >= 11 is 0. The fourth-order valence-corrected chi connectivity index (χ4v) is 4.00. The summed E-state index contributed by atoms with van der Waals surface area (Å²) in [5.74, 6) is -2.66. The molecule has 0 unspecified atom stereocenters. The maximum Gasteiger partial charge on any atom is 0.311 e. The minimum atomic E-state index is -4.08. The van der Waals surface area contributed by atoms with E-state index < -0.39 is 27.5 Å². The van der Waals surface area contributed by atoms with Crippen molar-refractivity contribution in [1.29, 1.82) is 0 Å². The van der Waals surface area contributed by atoms with Crippen molar-refractivity contribution in [3.63, 3.8) is 0 Å². The Morgan fingerprint density at radius 2 is 1.04 bits per heavy atom. The first kappa shape index (κ1) is 55.4. The van der Waals surface area contributed by atoms with E-state index in [1.54, 1.807) is 21.1 Å². The van der Waals surface area contributed by atoms with E-state index in [2.05, 4.69) is 6.92 Å². The number of carbonyl (C=O) groups excluding carboxylic acids is 4. The molecule has 0 saturated heterocycles. The molecule has 0 aromatic carbocycles. The van der Waals surface area contributed by atoms with Gasteiger partial charge in [0, 0.05) is 18.6 Å². The van der Waals surface area contributed by atoms with Gasteiger partial charge in [0.2, 0.25) is 0 Å². The molecule has 0 aliphatic rings. The van der Waals surface area contributed by atoms with Crippen LogP contribution in [0.3, 0.4) is 0 Å². The highest BCUT2D eigenvalue weighted by Crippen LogP contribution is 2.22. The van der Waals surface area contributed by atoms with Crippen LogP contribution in [0.5, 0.6) is 0 Å². The summed E-state index contributed by atoms with van der Waals surface area (Å²) < 4.78 is 42.4. The molecule has 0 aliphatic heterocycles. The molecule has 0 aliphatic carbocycles. The Hall–Kier alpha value is -2.37. The molecular weight excluding hydrogens is 686 g/mol. The van der Waals surface area contributed by atoms with E-state index in [1.165, 1.54) is 0 Å². The molecule has 306 valence electrons. The average molecular weight is 760 g/mol. The average Bonchev–Trinajstić information content (AvgIpc) is 2.93. The molecule has 0 amide bonds. The topological polar surface area (TPSA) is 210 Å². The number of hydrogen-bond donors (Lipinski definition) is 1. The second kappa shape index (κ2) is 26.4. The predicted octanol–water partition coefficient (Wildman–Crippen LogP) is 0.381. The molecule has 0 fully saturated rings. The number of ether oxygens (including phenoxy) is 2. The maximum atomic E-state index is 11.7. The van der Waals surface area contributed by atoms with Gasteiger partial charge in [-0.3, -0.25) is 9.59 Å². The van der Waals surface area contributed by atoms with E-state index in [9.17, 15) is 42.4 Å². The van der Waals surface area contributed by atoms with Crippen molar-refractivity contribution in [3.05, 3.63) is 0 Å². The number of rotatable bonds is 21. The number of aliphatic carboxylic acids is 2. The first-order chi connectivity index (χ1) is 22.8. The lowest BCUT2D eigenvalue weighted by atomic mass is 9.91. The van der Waals surface area contributed by atoms with Gasteiger partial charge in [0.15, 0.2) is 0 Å². The number of nitrogens with zero attached hydrogens (tertiary/aromatic N) is 3. The van der Waals surface area contributed by atoms with Gasteiger partial charge in [-0.15, -0.1) is 0 Å². The van der Waals surface area contributed by atoms with Gasteiger partial charge < -0.3 is 52.4 Å². The van der Waals surface area contributed by atoms with Gasteiger partial charge in [0.25, 0.3) is 0 Å². The van der Waals surface area contributed by atoms with Gasteiger partial charge in [-0.1, -0.05) is 27.2 Å². The van der Waals surface area contributed by atoms with Crippen LogP contribution >= 0.6 is 0 Å². The highest BCUT2D eigenvalue weighted by atomic mass is 32.2. The van der Waals surface area contributed by atoms with Gasteiger partial charge in [0.1, 0.15) is 19.6 Å². The number of hydrogen-bond acceptors (Lipinski definition) is 12. The summed E-state index contributed by atoms with van der Waals surface area (Å²) in [5.41, 5.74) is -0.761. The summed E-state index contributed by atoms with van der Waals surface area (Å²) in [5, 5.41) is 29.1. The summed E-state index contributed by atoms with van der Waals surface area (Å²) in [6.07, 6.45) is 4.59. The standard InChI is InChI=1S/C13H25NO4.C10H20O2.C7H17NO4S.C5H11NO2/c1-6-13(2,3)12(17)18-9-7-8-14(4,5)10-11(15)16;1-5-7-8-12-9(11)10(3,4)6-2;1-8(2,5-6-9)4-3-7-13(10,11)12;1-6(2,3)4-5(7)8/h6-10H2,1-5H3;5-8H2,1-4H3;9H,3-7H2,1-2H3;4H2,1-3H3. The molecule has 0 rings (SSSR count). The first-order valence-electron chi connectivity index (χ1n) is 17.6. The number of carboxylic acid groups (broad SMARTS) is 2. The molecule has 0 atom stereocenters.